The van der Waals surface area contributed by atoms with Crippen molar-refractivity contribution in [2.45, 2.75) is 53.5 Å². The summed E-state index contributed by atoms with van der Waals surface area (Å²) in [6.45, 7) is 9.85. The molecule has 1 aliphatic heterocycles. The summed E-state index contributed by atoms with van der Waals surface area (Å²) in [4.78, 5) is 13.5. The van der Waals surface area contributed by atoms with Crippen LogP contribution in [0.2, 0.25) is 0 Å². The first-order chi connectivity index (χ1) is 8.09. The molecule has 94 valence electrons. The van der Waals surface area contributed by atoms with Crippen molar-refractivity contribution in [1.82, 2.24) is 0 Å². The molecule has 1 aromatic carbocycles. The molecule has 0 spiro atoms. The molecule has 1 aromatic rings. The van der Waals surface area contributed by atoms with Crippen molar-refractivity contribution in [3.05, 3.63) is 29.3 Å². The summed E-state index contributed by atoms with van der Waals surface area (Å²) in [5.74, 6) is 0.146. The van der Waals surface area contributed by atoms with Crippen LogP contribution >= 0.6 is 0 Å². The number of fused-ring (bicyclic) bond motifs is 1. The summed E-state index contributed by atoms with van der Waals surface area (Å²) >= 11 is 0. The smallest absolute Gasteiger partial charge is 0.224 e. The summed E-state index contributed by atoms with van der Waals surface area (Å²) in [6, 6.07) is 6.67. The van der Waals surface area contributed by atoms with Crippen LogP contribution in [0.1, 0.15) is 45.2 Å². The topological polar surface area (TPSA) is 20.3 Å². The van der Waals surface area contributed by atoms with Gasteiger partial charge in [0.25, 0.3) is 0 Å². The predicted molar refractivity (Wildman–Crippen MR) is 73.5 cm³/mol. The van der Waals surface area contributed by atoms with Gasteiger partial charge in [0, 0.05) is 18.7 Å². The number of carbonyl (C=O) groups is 1. The van der Waals surface area contributed by atoms with Gasteiger partial charge in [0.1, 0.15) is 0 Å². The zero-order chi connectivity index (χ0) is 13.0. The Morgan fingerprint density at radius 3 is 2.59 bits per heavy atom. The number of benzene rings is 1. The first-order valence-electron chi connectivity index (χ1n) is 6.49. The van der Waals surface area contributed by atoms with E-state index < -0.39 is 0 Å². The number of carbonyl (C=O) groups excluding carboxylic acids is 1. The molecule has 1 heterocycles. The van der Waals surface area contributed by atoms with Crippen molar-refractivity contribution in [3.8, 4) is 0 Å². The summed E-state index contributed by atoms with van der Waals surface area (Å²) in [7, 11) is 0. The Hall–Kier alpha value is -1.31. The zero-order valence-corrected chi connectivity index (χ0v) is 11.6. The molecule has 2 heteroatoms. The van der Waals surface area contributed by atoms with Gasteiger partial charge in [-0.15, -0.1) is 0 Å². The first kappa shape index (κ1) is 13.8. The molecule has 1 atom stereocenters. The van der Waals surface area contributed by atoms with Crippen LogP contribution in [0.25, 0.3) is 0 Å². The second-order valence-electron chi connectivity index (χ2n) is 4.41. The van der Waals surface area contributed by atoms with E-state index in [1.54, 1.807) is 6.92 Å². The van der Waals surface area contributed by atoms with Crippen molar-refractivity contribution in [2.75, 3.05) is 4.90 Å². The number of aryl methyl sites for hydroxylation is 2. The van der Waals surface area contributed by atoms with Crippen LogP contribution in [-0.2, 0) is 11.2 Å². The Kier molecular flexibility index (Phi) is 4.73. The third-order valence-corrected chi connectivity index (χ3v) is 3.11. The predicted octanol–water partition coefficient (Wildman–Crippen LogP) is 3.71. The van der Waals surface area contributed by atoms with E-state index in [2.05, 4.69) is 32.0 Å². The minimum atomic E-state index is 0.146. The van der Waals surface area contributed by atoms with Crippen LogP contribution in [0.15, 0.2) is 18.2 Å². The summed E-state index contributed by atoms with van der Waals surface area (Å²) < 4.78 is 0. The molecule has 2 rings (SSSR count). The summed E-state index contributed by atoms with van der Waals surface area (Å²) in [5, 5.41) is 0. The fourth-order valence-electron chi connectivity index (χ4n) is 2.36. The van der Waals surface area contributed by atoms with Crippen molar-refractivity contribution in [2.24, 2.45) is 0 Å². The molecule has 0 saturated carbocycles. The van der Waals surface area contributed by atoms with E-state index in [0.29, 0.717) is 6.04 Å². The normalized spacial score (nSPS) is 17.9. The van der Waals surface area contributed by atoms with Gasteiger partial charge >= 0.3 is 0 Å². The Morgan fingerprint density at radius 1 is 1.35 bits per heavy atom. The largest absolute Gasteiger partial charge is 0.310 e. The zero-order valence-electron chi connectivity index (χ0n) is 11.6. The lowest BCUT2D eigenvalue weighted by Crippen LogP contribution is -2.40. The Balaban J connectivity index is 0.000000686. The lowest BCUT2D eigenvalue weighted by Gasteiger charge is -2.34. The number of hydrogen-bond donors (Lipinski definition) is 0. The number of rotatable bonds is 0. The quantitative estimate of drug-likeness (QED) is 0.669. The van der Waals surface area contributed by atoms with Gasteiger partial charge in [-0.2, -0.15) is 0 Å². The molecule has 0 radical (unpaired) electrons. The van der Waals surface area contributed by atoms with Crippen molar-refractivity contribution >= 4 is 11.6 Å². The van der Waals surface area contributed by atoms with Crippen LogP contribution < -0.4 is 4.90 Å². The maximum absolute atomic E-state index is 11.6. The van der Waals surface area contributed by atoms with Gasteiger partial charge in [-0.25, -0.2) is 0 Å². The molecule has 0 saturated heterocycles. The molecule has 1 amide bonds. The Bertz CT molecular complexity index is 398. The Morgan fingerprint density at radius 2 is 2.00 bits per heavy atom. The highest BCUT2D eigenvalue weighted by Crippen LogP contribution is 2.31. The van der Waals surface area contributed by atoms with Gasteiger partial charge in [0.2, 0.25) is 5.91 Å². The maximum atomic E-state index is 11.6. The third-order valence-electron chi connectivity index (χ3n) is 3.11. The highest BCUT2D eigenvalue weighted by atomic mass is 16.2. The fourth-order valence-corrected chi connectivity index (χ4v) is 2.36. The van der Waals surface area contributed by atoms with Crippen molar-refractivity contribution in [3.63, 3.8) is 0 Å². The molecular weight excluding hydrogens is 210 g/mol. The van der Waals surface area contributed by atoms with Crippen molar-refractivity contribution < 1.29 is 4.79 Å². The van der Waals surface area contributed by atoms with Crippen LogP contribution in [-0.4, -0.2) is 11.9 Å². The number of amides is 1. The van der Waals surface area contributed by atoms with E-state index in [0.717, 1.165) is 18.5 Å². The van der Waals surface area contributed by atoms with Gasteiger partial charge in [-0.05, 0) is 38.3 Å². The van der Waals surface area contributed by atoms with Crippen LogP contribution in [0.5, 0.6) is 0 Å². The van der Waals surface area contributed by atoms with E-state index in [4.69, 9.17) is 0 Å². The van der Waals surface area contributed by atoms with Crippen LogP contribution in [0.3, 0.4) is 0 Å². The molecule has 17 heavy (non-hydrogen) atoms. The minimum absolute atomic E-state index is 0.146. The lowest BCUT2D eigenvalue weighted by molar-refractivity contribution is -0.117. The van der Waals surface area contributed by atoms with Crippen LogP contribution in [0, 0.1) is 6.92 Å². The standard InChI is InChI=1S/C13H17NO.C2H6/c1-9-4-7-13-12(8-9)6-5-10(2)14(13)11(3)15;1-2/h4,7-8,10H,5-6H2,1-3H3;1-2H3. The van der Waals surface area contributed by atoms with Crippen LogP contribution in [0.4, 0.5) is 5.69 Å². The molecule has 1 aliphatic rings. The molecule has 1 unspecified atom stereocenters. The lowest BCUT2D eigenvalue weighted by atomic mass is 9.95. The molecule has 0 fully saturated rings. The van der Waals surface area contributed by atoms with E-state index in [1.165, 1.54) is 11.1 Å². The van der Waals surface area contributed by atoms with Gasteiger partial charge < -0.3 is 4.90 Å². The maximum Gasteiger partial charge on any atom is 0.224 e. The molecule has 0 N–H and O–H groups in total. The van der Waals surface area contributed by atoms with E-state index in [1.807, 2.05) is 18.7 Å². The van der Waals surface area contributed by atoms with Gasteiger partial charge in [-0.3, -0.25) is 4.79 Å². The molecule has 0 aromatic heterocycles. The average molecular weight is 233 g/mol. The first-order valence-corrected chi connectivity index (χ1v) is 6.49. The summed E-state index contributed by atoms with van der Waals surface area (Å²) in [6.07, 6.45) is 2.15. The fraction of sp³-hybridized carbons (Fsp3) is 0.533. The van der Waals surface area contributed by atoms with Crippen molar-refractivity contribution in [1.29, 1.82) is 0 Å². The van der Waals surface area contributed by atoms with Gasteiger partial charge in [0.05, 0.1) is 0 Å². The second-order valence-corrected chi connectivity index (χ2v) is 4.41. The number of anilines is 1. The van der Waals surface area contributed by atoms with E-state index in [9.17, 15) is 4.79 Å². The molecule has 0 aliphatic carbocycles. The summed E-state index contributed by atoms with van der Waals surface area (Å²) in [5.41, 5.74) is 3.68. The number of hydrogen-bond acceptors (Lipinski definition) is 1. The third kappa shape index (κ3) is 2.87. The van der Waals surface area contributed by atoms with E-state index >= 15 is 0 Å². The molecule has 0 bridgehead atoms. The SMILES string of the molecule is CC.CC(=O)N1c2ccc(C)cc2CCC1C. The highest BCUT2D eigenvalue weighted by Gasteiger charge is 2.25. The van der Waals surface area contributed by atoms with Gasteiger partial charge in [0.15, 0.2) is 0 Å². The Labute approximate surface area is 105 Å². The van der Waals surface area contributed by atoms with Gasteiger partial charge in [-0.1, -0.05) is 31.5 Å². The highest BCUT2D eigenvalue weighted by molar-refractivity contribution is 5.93. The number of nitrogens with zero attached hydrogens (tertiary/aromatic N) is 1. The minimum Gasteiger partial charge on any atom is -0.310 e. The molecular formula is C15H23NO. The monoisotopic (exact) mass is 233 g/mol. The molecule has 2 nitrogen and oxygen atoms in total. The van der Waals surface area contributed by atoms with E-state index in [-0.39, 0.29) is 5.91 Å². The second kappa shape index (κ2) is 5.85. The average Bonchev–Trinajstić information content (AvgIpc) is 2.31.